The number of hydrogen-bond acceptors (Lipinski definition) is 4. The second-order valence-electron chi connectivity index (χ2n) is 7.49. The number of β-amino-alcohol motifs (C(OH)–C–C–N with tert-alkyl or cyclic N) is 1. The summed E-state index contributed by atoms with van der Waals surface area (Å²) in [4.78, 5) is 2.33. The molecular formula is C21H31NO3. The fraction of sp³-hybridized carbons (Fsp3) is 0.619. The summed E-state index contributed by atoms with van der Waals surface area (Å²) < 4.78 is 11.8. The van der Waals surface area contributed by atoms with E-state index in [9.17, 15) is 5.11 Å². The Hall–Kier alpha value is -1.36. The Morgan fingerprint density at radius 3 is 2.60 bits per heavy atom. The maximum atomic E-state index is 10.2. The van der Waals surface area contributed by atoms with Gasteiger partial charge in [0.1, 0.15) is 18.5 Å². The zero-order valence-corrected chi connectivity index (χ0v) is 15.3. The van der Waals surface area contributed by atoms with Gasteiger partial charge in [0.15, 0.2) is 0 Å². The third-order valence-corrected chi connectivity index (χ3v) is 5.06. The number of nitrogens with zero attached hydrogens (tertiary/aromatic N) is 1. The van der Waals surface area contributed by atoms with Gasteiger partial charge >= 0.3 is 0 Å². The van der Waals surface area contributed by atoms with Gasteiger partial charge in [0.25, 0.3) is 0 Å². The quantitative estimate of drug-likeness (QED) is 0.798. The van der Waals surface area contributed by atoms with Crippen molar-refractivity contribution >= 4 is 0 Å². The Morgan fingerprint density at radius 1 is 1.20 bits per heavy atom. The van der Waals surface area contributed by atoms with Crippen LogP contribution in [0.3, 0.4) is 0 Å². The van der Waals surface area contributed by atoms with Gasteiger partial charge in [-0.05, 0) is 63.4 Å². The molecule has 2 fully saturated rings. The minimum atomic E-state index is -0.441. The van der Waals surface area contributed by atoms with E-state index in [1.54, 1.807) is 0 Å². The highest BCUT2D eigenvalue weighted by atomic mass is 16.5. The number of benzene rings is 1. The Labute approximate surface area is 151 Å². The smallest absolute Gasteiger partial charge is 0.119 e. The molecule has 0 bridgehead atoms. The molecule has 0 aliphatic carbocycles. The fourth-order valence-electron chi connectivity index (χ4n) is 3.79. The van der Waals surface area contributed by atoms with E-state index in [1.165, 1.54) is 24.8 Å². The van der Waals surface area contributed by atoms with Crippen molar-refractivity contribution in [2.45, 2.75) is 57.3 Å². The summed E-state index contributed by atoms with van der Waals surface area (Å²) in [5, 5.41) is 10.2. The van der Waals surface area contributed by atoms with Crippen LogP contribution in [-0.4, -0.2) is 48.5 Å². The van der Waals surface area contributed by atoms with Gasteiger partial charge in [0, 0.05) is 6.54 Å². The van der Waals surface area contributed by atoms with Crippen LogP contribution in [0.25, 0.3) is 0 Å². The zero-order valence-electron chi connectivity index (χ0n) is 15.3. The Morgan fingerprint density at radius 2 is 1.92 bits per heavy atom. The van der Waals surface area contributed by atoms with Gasteiger partial charge in [0.05, 0.1) is 12.2 Å². The van der Waals surface area contributed by atoms with Crippen molar-refractivity contribution in [3.63, 3.8) is 0 Å². The SMILES string of the molecule is C=C1C[C@H](C)O[C@@H](c2ccc(OC[C@H](O)CN3CCCCC3)cc2)C1. The van der Waals surface area contributed by atoms with E-state index in [0.717, 1.165) is 37.2 Å². The van der Waals surface area contributed by atoms with E-state index < -0.39 is 6.10 Å². The summed E-state index contributed by atoms with van der Waals surface area (Å²) >= 11 is 0. The van der Waals surface area contributed by atoms with Gasteiger partial charge in [0.2, 0.25) is 0 Å². The Kier molecular flexibility index (Phi) is 6.51. The first-order valence-electron chi connectivity index (χ1n) is 9.55. The van der Waals surface area contributed by atoms with Crippen LogP contribution in [0, 0.1) is 0 Å². The molecule has 0 aromatic heterocycles. The fourth-order valence-corrected chi connectivity index (χ4v) is 3.79. The average Bonchev–Trinajstić information content (AvgIpc) is 2.60. The maximum Gasteiger partial charge on any atom is 0.119 e. The van der Waals surface area contributed by atoms with Gasteiger partial charge in [-0.25, -0.2) is 0 Å². The largest absolute Gasteiger partial charge is 0.491 e. The third-order valence-electron chi connectivity index (χ3n) is 5.06. The molecule has 0 saturated carbocycles. The predicted molar refractivity (Wildman–Crippen MR) is 99.9 cm³/mol. The van der Waals surface area contributed by atoms with Crippen molar-refractivity contribution in [2.24, 2.45) is 0 Å². The molecule has 0 unspecified atom stereocenters. The summed E-state index contributed by atoms with van der Waals surface area (Å²) in [6.07, 6.45) is 5.51. The lowest BCUT2D eigenvalue weighted by molar-refractivity contribution is -0.0224. The average molecular weight is 345 g/mol. The van der Waals surface area contributed by atoms with Crippen LogP contribution in [-0.2, 0) is 4.74 Å². The second-order valence-corrected chi connectivity index (χ2v) is 7.49. The molecule has 1 aromatic carbocycles. The van der Waals surface area contributed by atoms with Crippen molar-refractivity contribution in [1.82, 2.24) is 4.90 Å². The number of aliphatic hydroxyl groups is 1. The molecule has 2 aliphatic rings. The summed E-state index contributed by atoms with van der Waals surface area (Å²) in [6, 6.07) is 8.05. The van der Waals surface area contributed by atoms with Crippen molar-refractivity contribution < 1.29 is 14.6 Å². The molecule has 3 rings (SSSR count). The highest BCUT2D eigenvalue weighted by Gasteiger charge is 2.23. The van der Waals surface area contributed by atoms with Crippen LogP contribution in [0.5, 0.6) is 5.75 Å². The first-order valence-corrected chi connectivity index (χ1v) is 9.55. The molecule has 2 saturated heterocycles. The molecule has 2 aliphatic heterocycles. The van der Waals surface area contributed by atoms with Gasteiger partial charge < -0.3 is 19.5 Å². The van der Waals surface area contributed by atoms with Crippen molar-refractivity contribution in [1.29, 1.82) is 0 Å². The number of rotatable bonds is 6. The van der Waals surface area contributed by atoms with Crippen LogP contribution >= 0.6 is 0 Å². The predicted octanol–water partition coefficient (Wildman–Crippen LogP) is 3.71. The number of likely N-dealkylation sites (tertiary alicyclic amines) is 1. The summed E-state index contributed by atoms with van der Waals surface area (Å²) in [5.74, 6) is 0.795. The van der Waals surface area contributed by atoms with Crippen LogP contribution in [0.15, 0.2) is 36.4 Å². The molecule has 0 spiro atoms. The molecule has 4 nitrogen and oxygen atoms in total. The highest BCUT2D eigenvalue weighted by Crippen LogP contribution is 2.34. The van der Waals surface area contributed by atoms with Crippen molar-refractivity contribution in [3.05, 3.63) is 42.0 Å². The van der Waals surface area contributed by atoms with Crippen LogP contribution in [0.1, 0.15) is 50.7 Å². The van der Waals surface area contributed by atoms with Crippen molar-refractivity contribution in [2.75, 3.05) is 26.2 Å². The number of hydrogen-bond donors (Lipinski definition) is 1. The van der Waals surface area contributed by atoms with E-state index in [-0.39, 0.29) is 12.2 Å². The van der Waals surface area contributed by atoms with E-state index in [2.05, 4.69) is 30.5 Å². The highest BCUT2D eigenvalue weighted by molar-refractivity contribution is 5.29. The first kappa shape index (κ1) is 18.4. The molecule has 0 radical (unpaired) electrons. The van der Waals surface area contributed by atoms with Crippen molar-refractivity contribution in [3.8, 4) is 5.75 Å². The Bertz CT molecular complexity index is 551. The molecule has 2 heterocycles. The molecule has 0 amide bonds. The number of aliphatic hydroxyl groups excluding tert-OH is 1. The van der Waals surface area contributed by atoms with Gasteiger partial charge in [-0.3, -0.25) is 0 Å². The van der Waals surface area contributed by atoms with E-state index in [4.69, 9.17) is 9.47 Å². The monoisotopic (exact) mass is 345 g/mol. The van der Waals surface area contributed by atoms with Crippen LogP contribution in [0.4, 0.5) is 0 Å². The lowest BCUT2D eigenvalue weighted by atomic mass is 9.95. The molecule has 25 heavy (non-hydrogen) atoms. The molecule has 138 valence electrons. The minimum absolute atomic E-state index is 0.0926. The molecule has 1 aromatic rings. The molecule has 4 heteroatoms. The lowest BCUT2D eigenvalue weighted by Crippen LogP contribution is -2.38. The molecule has 3 atom stereocenters. The normalized spacial score (nSPS) is 26.4. The minimum Gasteiger partial charge on any atom is -0.491 e. The summed E-state index contributed by atoms with van der Waals surface area (Å²) in [5.41, 5.74) is 2.42. The first-order chi connectivity index (χ1) is 12.1. The zero-order chi connectivity index (χ0) is 17.6. The van der Waals surface area contributed by atoms with E-state index >= 15 is 0 Å². The number of ether oxygens (including phenoxy) is 2. The second kappa shape index (κ2) is 8.84. The maximum absolute atomic E-state index is 10.2. The summed E-state index contributed by atoms with van der Waals surface area (Å²) in [7, 11) is 0. The number of piperidine rings is 1. The van der Waals surface area contributed by atoms with Gasteiger partial charge in [-0.15, -0.1) is 0 Å². The van der Waals surface area contributed by atoms with Crippen LogP contribution < -0.4 is 4.74 Å². The summed E-state index contributed by atoms with van der Waals surface area (Å²) in [6.45, 7) is 9.44. The topological polar surface area (TPSA) is 41.9 Å². The van der Waals surface area contributed by atoms with E-state index in [0.29, 0.717) is 13.2 Å². The standard InChI is InChI=1S/C21H31NO3/c1-16-12-17(2)25-21(13-16)18-6-8-20(9-7-18)24-15-19(23)14-22-10-4-3-5-11-22/h6-9,17,19,21,23H,1,3-5,10-15H2,2H3/t17-,19+,21+/m0/s1. The lowest BCUT2D eigenvalue weighted by Gasteiger charge is -2.30. The third kappa shape index (κ3) is 5.56. The molecular weight excluding hydrogens is 314 g/mol. The van der Waals surface area contributed by atoms with Gasteiger partial charge in [-0.2, -0.15) is 0 Å². The molecule has 1 N–H and O–H groups in total. The Balaban J connectivity index is 1.46. The van der Waals surface area contributed by atoms with Crippen LogP contribution in [0.2, 0.25) is 0 Å². The van der Waals surface area contributed by atoms with E-state index in [1.807, 2.05) is 12.1 Å². The van der Waals surface area contributed by atoms with Gasteiger partial charge in [-0.1, -0.05) is 30.7 Å².